The van der Waals surface area contributed by atoms with E-state index in [2.05, 4.69) is 36.4 Å². The maximum atomic E-state index is 4.08. The summed E-state index contributed by atoms with van der Waals surface area (Å²) in [6.07, 6.45) is 1.91. The van der Waals surface area contributed by atoms with Gasteiger partial charge in [0.1, 0.15) is 12.4 Å². The average molecular weight is 285 g/mol. The Morgan fingerprint density at radius 1 is 1.38 bits per heavy atom. The fourth-order valence-electron chi connectivity index (χ4n) is 1.31. The highest BCUT2D eigenvalue weighted by molar-refractivity contribution is 9.09. The number of hydrogen-bond donors (Lipinski definition) is 0. The molecule has 0 aliphatic heterocycles. The van der Waals surface area contributed by atoms with E-state index in [0.717, 1.165) is 17.3 Å². The van der Waals surface area contributed by atoms with Gasteiger partial charge in [-0.2, -0.15) is 0 Å². The van der Waals surface area contributed by atoms with E-state index in [4.69, 9.17) is 0 Å². The van der Waals surface area contributed by atoms with Crippen molar-refractivity contribution in [3.8, 4) is 0 Å². The fraction of sp³-hybridized carbons (Fsp3) is 0.556. The minimum absolute atomic E-state index is 0.211. The molecule has 7 heteroatoms. The molecule has 0 amide bonds. The molecule has 86 valence electrons. The molecule has 6 nitrogen and oxygen atoms in total. The molecule has 0 saturated carbocycles. The highest BCUT2D eigenvalue weighted by atomic mass is 79.9. The van der Waals surface area contributed by atoms with Crippen molar-refractivity contribution in [2.24, 2.45) is 7.05 Å². The third-order valence-corrected chi connectivity index (χ3v) is 2.92. The molecule has 0 aliphatic rings. The van der Waals surface area contributed by atoms with Crippen LogP contribution in [0.5, 0.6) is 0 Å². The Hall–Kier alpha value is -1.24. The van der Waals surface area contributed by atoms with E-state index >= 15 is 0 Å². The number of hydrogen-bond acceptors (Lipinski definition) is 4. The summed E-state index contributed by atoms with van der Waals surface area (Å²) in [5.74, 6) is 1.76. The second-order valence-electron chi connectivity index (χ2n) is 3.68. The standard InChI is InChI=1S/C9H13BrN6/c1-6(10)8-4-16(14-12-8)5-9-13-11-7(2)15(9)3/h4,6H,5H2,1-3H3. The molecule has 1 unspecified atom stereocenters. The molecule has 0 radical (unpaired) electrons. The van der Waals surface area contributed by atoms with E-state index in [0.29, 0.717) is 6.54 Å². The van der Waals surface area contributed by atoms with Crippen LogP contribution in [0, 0.1) is 6.92 Å². The molecule has 2 aromatic rings. The number of halogens is 1. The Morgan fingerprint density at radius 3 is 2.62 bits per heavy atom. The minimum atomic E-state index is 0.211. The SMILES string of the molecule is Cc1nnc(Cn2cc(C(C)Br)nn2)n1C. The lowest BCUT2D eigenvalue weighted by Gasteiger charge is -2.00. The zero-order valence-corrected chi connectivity index (χ0v) is 11.0. The fourth-order valence-corrected chi connectivity index (χ4v) is 1.52. The average Bonchev–Trinajstić information content (AvgIpc) is 2.81. The molecule has 1 atom stereocenters. The monoisotopic (exact) mass is 284 g/mol. The second kappa shape index (κ2) is 4.32. The first-order chi connectivity index (χ1) is 7.58. The van der Waals surface area contributed by atoms with E-state index in [1.54, 1.807) is 4.68 Å². The third-order valence-electron chi connectivity index (χ3n) is 2.45. The summed E-state index contributed by atoms with van der Waals surface area (Å²) in [6.45, 7) is 4.52. The van der Waals surface area contributed by atoms with Crippen LogP contribution in [0.3, 0.4) is 0 Å². The Kier molecular flexibility index (Phi) is 3.04. The number of aryl methyl sites for hydroxylation is 1. The van der Waals surface area contributed by atoms with Gasteiger partial charge in [0, 0.05) is 7.05 Å². The van der Waals surface area contributed by atoms with Crippen LogP contribution in [-0.4, -0.2) is 29.8 Å². The predicted octanol–water partition coefficient (Wildman–Crippen LogP) is 1.22. The van der Waals surface area contributed by atoms with Crippen LogP contribution in [0.2, 0.25) is 0 Å². The number of alkyl halides is 1. The summed E-state index contributed by atoms with van der Waals surface area (Å²) >= 11 is 3.45. The van der Waals surface area contributed by atoms with E-state index in [1.807, 2.05) is 31.7 Å². The van der Waals surface area contributed by atoms with Crippen molar-refractivity contribution in [3.05, 3.63) is 23.5 Å². The van der Waals surface area contributed by atoms with Crippen molar-refractivity contribution in [1.29, 1.82) is 0 Å². The van der Waals surface area contributed by atoms with Gasteiger partial charge in [-0.15, -0.1) is 15.3 Å². The van der Waals surface area contributed by atoms with Gasteiger partial charge < -0.3 is 4.57 Å². The van der Waals surface area contributed by atoms with Crippen molar-refractivity contribution < 1.29 is 0 Å². The Balaban J connectivity index is 2.17. The van der Waals surface area contributed by atoms with Gasteiger partial charge in [0.25, 0.3) is 0 Å². The van der Waals surface area contributed by atoms with E-state index in [-0.39, 0.29) is 4.83 Å². The lowest BCUT2D eigenvalue weighted by molar-refractivity contribution is 0.603. The summed E-state index contributed by atoms with van der Waals surface area (Å²) in [4.78, 5) is 0.211. The minimum Gasteiger partial charge on any atom is -0.317 e. The zero-order valence-electron chi connectivity index (χ0n) is 9.42. The third kappa shape index (κ3) is 2.13. The summed E-state index contributed by atoms with van der Waals surface area (Å²) in [7, 11) is 1.94. The van der Waals surface area contributed by atoms with E-state index in [1.165, 1.54) is 0 Å². The molecule has 0 aliphatic carbocycles. The van der Waals surface area contributed by atoms with Gasteiger partial charge >= 0.3 is 0 Å². The quantitative estimate of drug-likeness (QED) is 0.795. The van der Waals surface area contributed by atoms with Crippen LogP contribution in [0.1, 0.15) is 29.1 Å². The Morgan fingerprint density at radius 2 is 2.12 bits per heavy atom. The first-order valence-electron chi connectivity index (χ1n) is 4.97. The molecular weight excluding hydrogens is 272 g/mol. The first kappa shape index (κ1) is 11.3. The van der Waals surface area contributed by atoms with Crippen molar-refractivity contribution in [2.75, 3.05) is 0 Å². The molecule has 0 saturated heterocycles. The smallest absolute Gasteiger partial charge is 0.154 e. The van der Waals surface area contributed by atoms with Gasteiger partial charge in [0.05, 0.1) is 16.7 Å². The molecule has 0 N–H and O–H groups in total. The normalized spacial score (nSPS) is 13.0. The molecule has 2 rings (SSSR count). The van der Waals surface area contributed by atoms with Crippen molar-refractivity contribution in [2.45, 2.75) is 25.2 Å². The highest BCUT2D eigenvalue weighted by Gasteiger charge is 2.09. The van der Waals surface area contributed by atoms with E-state index in [9.17, 15) is 0 Å². The summed E-state index contributed by atoms with van der Waals surface area (Å²) in [5, 5.41) is 16.2. The molecule has 0 fully saturated rings. The van der Waals surface area contributed by atoms with Gasteiger partial charge in [0.15, 0.2) is 5.82 Å². The van der Waals surface area contributed by atoms with Crippen molar-refractivity contribution >= 4 is 15.9 Å². The molecule has 2 aromatic heterocycles. The van der Waals surface area contributed by atoms with Crippen LogP contribution >= 0.6 is 15.9 Å². The molecule has 0 spiro atoms. The van der Waals surface area contributed by atoms with Crippen LogP contribution < -0.4 is 0 Å². The van der Waals surface area contributed by atoms with Gasteiger partial charge in [-0.05, 0) is 13.8 Å². The lowest BCUT2D eigenvalue weighted by atomic mass is 10.4. The molecule has 2 heterocycles. The maximum Gasteiger partial charge on any atom is 0.154 e. The molecule has 16 heavy (non-hydrogen) atoms. The lowest BCUT2D eigenvalue weighted by Crippen LogP contribution is -2.07. The van der Waals surface area contributed by atoms with Crippen LogP contribution in [0.4, 0.5) is 0 Å². The first-order valence-corrected chi connectivity index (χ1v) is 5.88. The van der Waals surface area contributed by atoms with Gasteiger partial charge in [-0.25, -0.2) is 4.68 Å². The van der Waals surface area contributed by atoms with Crippen LogP contribution in [0.25, 0.3) is 0 Å². The number of rotatable bonds is 3. The molecule has 0 aromatic carbocycles. The Labute approximate surface area is 102 Å². The molecule has 0 bridgehead atoms. The number of aromatic nitrogens is 6. The number of nitrogens with zero attached hydrogens (tertiary/aromatic N) is 6. The summed E-state index contributed by atoms with van der Waals surface area (Å²) < 4.78 is 3.70. The Bertz CT molecular complexity index is 486. The van der Waals surface area contributed by atoms with Gasteiger partial charge in [0.2, 0.25) is 0 Å². The molecular formula is C9H13BrN6. The zero-order chi connectivity index (χ0) is 11.7. The summed E-state index contributed by atoms with van der Waals surface area (Å²) in [5.41, 5.74) is 0.916. The predicted molar refractivity (Wildman–Crippen MR) is 62.2 cm³/mol. The van der Waals surface area contributed by atoms with Crippen molar-refractivity contribution in [1.82, 2.24) is 29.8 Å². The van der Waals surface area contributed by atoms with Gasteiger partial charge in [-0.3, -0.25) is 0 Å². The maximum absolute atomic E-state index is 4.08. The highest BCUT2D eigenvalue weighted by Crippen LogP contribution is 2.18. The van der Waals surface area contributed by atoms with Crippen LogP contribution in [-0.2, 0) is 13.6 Å². The summed E-state index contributed by atoms with van der Waals surface area (Å²) in [6, 6.07) is 0. The van der Waals surface area contributed by atoms with Crippen LogP contribution in [0.15, 0.2) is 6.20 Å². The second-order valence-corrected chi connectivity index (χ2v) is 5.05. The largest absolute Gasteiger partial charge is 0.317 e. The topological polar surface area (TPSA) is 61.4 Å². The van der Waals surface area contributed by atoms with E-state index < -0.39 is 0 Å². The van der Waals surface area contributed by atoms with Crippen molar-refractivity contribution in [3.63, 3.8) is 0 Å². The van der Waals surface area contributed by atoms with Gasteiger partial charge in [-0.1, -0.05) is 21.1 Å².